The summed E-state index contributed by atoms with van der Waals surface area (Å²) in [6, 6.07) is 9.78. The van der Waals surface area contributed by atoms with Crippen molar-refractivity contribution in [2.75, 3.05) is 0 Å². The highest BCUT2D eigenvalue weighted by Crippen LogP contribution is 2.23. The van der Waals surface area contributed by atoms with Crippen molar-refractivity contribution >= 4 is 10.9 Å². The number of nitrogens with zero attached hydrogens (tertiary/aromatic N) is 3. The molecule has 2 N–H and O–H groups in total. The molecule has 0 spiro atoms. The Kier molecular flexibility index (Phi) is 3.66. The predicted molar refractivity (Wildman–Crippen MR) is 81.6 cm³/mol. The van der Waals surface area contributed by atoms with Gasteiger partial charge in [-0.25, -0.2) is 4.98 Å². The standard InChI is InChI=1S/C16H18N4O/c1-3-6-12(17)16-19-15(20-21-16)14-9-10(2)11-7-4-5-8-13(11)18-14/h4-5,7-9,12H,3,6,17H2,1-2H3/t12-/m0/s1. The fourth-order valence-electron chi connectivity index (χ4n) is 2.39. The lowest BCUT2D eigenvalue weighted by Crippen LogP contribution is -2.09. The predicted octanol–water partition coefficient (Wildman–Crippen LogP) is 3.39. The number of hydrogen-bond donors (Lipinski definition) is 1. The number of hydrogen-bond acceptors (Lipinski definition) is 5. The van der Waals surface area contributed by atoms with E-state index in [1.807, 2.05) is 24.3 Å². The molecule has 0 unspecified atom stereocenters. The van der Waals surface area contributed by atoms with Gasteiger partial charge in [0.25, 0.3) is 0 Å². The van der Waals surface area contributed by atoms with Gasteiger partial charge in [0.1, 0.15) is 5.69 Å². The van der Waals surface area contributed by atoms with Gasteiger partial charge in [-0.2, -0.15) is 4.98 Å². The minimum atomic E-state index is -0.210. The van der Waals surface area contributed by atoms with E-state index in [1.54, 1.807) is 0 Å². The van der Waals surface area contributed by atoms with Gasteiger partial charge in [-0.15, -0.1) is 0 Å². The van der Waals surface area contributed by atoms with Crippen molar-refractivity contribution in [1.29, 1.82) is 0 Å². The molecule has 0 amide bonds. The average Bonchev–Trinajstić information content (AvgIpc) is 2.97. The number of pyridine rings is 1. The molecule has 5 nitrogen and oxygen atoms in total. The van der Waals surface area contributed by atoms with E-state index in [2.05, 4.69) is 35.0 Å². The van der Waals surface area contributed by atoms with Crippen molar-refractivity contribution in [1.82, 2.24) is 15.1 Å². The van der Waals surface area contributed by atoms with Gasteiger partial charge in [0.15, 0.2) is 0 Å². The van der Waals surface area contributed by atoms with Crippen molar-refractivity contribution in [2.45, 2.75) is 32.7 Å². The monoisotopic (exact) mass is 282 g/mol. The smallest absolute Gasteiger partial charge is 0.243 e. The molecule has 1 aromatic carbocycles. The van der Waals surface area contributed by atoms with E-state index in [0.29, 0.717) is 17.4 Å². The molecule has 0 fully saturated rings. The quantitative estimate of drug-likeness (QED) is 0.793. The van der Waals surface area contributed by atoms with E-state index >= 15 is 0 Å². The molecule has 0 aliphatic rings. The number of fused-ring (bicyclic) bond motifs is 1. The van der Waals surface area contributed by atoms with Crippen LogP contribution in [0.5, 0.6) is 0 Å². The summed E-state index contributed by atoms with van der Waals surface area (Å²) in [5, 5.41) is 5.14. The van der Waals surface area contributed by atoms with E-state index in [0.717, 1.165) is 29.3 Å². The molecule has 1 atom stereocenters. The van der Waals surface area contributed by atoms with Crippen LogP contribution in [0.2, 0.25) is 0 Å². The highest BCUT2D eigenvalue weighted by Gasteiger charge is 2.16. The van der Waals surface area contributed by atoms with Crippen molar-refractivity contribution < 1.29 is 4.52 Å². The molecule has 0 bridgehead atoms. The Balaban J connectivity index is 2.01. The van der Waals surface area contributed by atoms with Gasteiger partial charge in [-0.1, -0.05) is 36.7 Å². The Morgan fingerprint density at radius 1 is 1.24 bits per heavy atom. The second-order valence-corrected chi connectivity index (χ2v) is 5.19. The zero-order chi connectivity index (χ0) is 14.8. The molecule has 5 heteroatoms. The Morgan fingerprint density at radius 2 is 2.05 bits per heavy atom. The van der Waals surface area contributed by atoms with Gasteiger partial charge >= 0.3 is 0 Å². The summed E-state index contributed by atoms with van der Waals surface area (Å²) in [4.78, 5) is 8.98. The van der Waals surface area contributed by atoms with Crippen LogP contribution in [0.3, 0.4) is 0 Å². The van der Waals surface area contributed by atoms with E-state index in [1.165, 1.54) is 0 Å². The first-order chi connectivity index (χ1) is 10.2. The van der Waals surface area contributed by atoms with Crippen LogP contribution in [0.1, 0.15) is 37.3 Å². The molecule has 0 saturated carbocycles. The average molecular weight is 282 g/mol. The molecular weight excluding hydrogens is 264 g/mol. The topological polar surface area (TPSA) is 77.8 Å². The van der Waals surface area contributed by atoms with Crippen LogP contribution in [0.25, 0.3) is 22.4 Å². The lowest BCUT2D eigenvalue weighted by atomic mass is 10.1. The summed E-state index contributed by atoms with van der Waals surface area (Å²) >= 11 is 0. The van der Waals surface area contributed by atoms with E-state index in [-0.39, 0.29) is 6.04 Å². The largest absolute Gasteiger partial charge is 0.337 e. The SMILES string of the molecule is CCC[C@H](N)c1nc(-c2cc(C)c3ccccc3n2)no1. The zero-order valence-electron chi connectivity index (χ0n) is 12.2. The summed E-state index contributed by atoms with van der Waals surface area (Å²) in [7, 11) is 0. The maximum atomic E-state index is 6.00. The summed E-state index contributed by atoms with van der Waals surface area (Å²) in [5.74, 6) is 0.963. The summed E-state index contributed by atoms with van der Waals surface area (Å²) in [5.41, 5.74) is 8.78. The third-order valence-corrected chi connectivity index (χ3v) is 3.51. The number of aromatic nitrogens is 3. The molecule has 0 saturated heterocycles. The minimum absolute atomic E-state index is 0.210. The fraction of sp³-hybridized carbons (Fsp3) is 0.312. The molecule has 2 aromatic heterocycles. The normalized spacial score (nSPS) is 12.7. The van der Waals surface area contributed by atoms with Gasteiger partial charge in [-0.3, -0.25) is 0 Å². The Labute approximate surface area is 123 Å². The molecule has 108 valence electrons. The molecule has 0 aliphatic carbocycles. The van der Waals surface area contributed by atoms with Crippen LogP contribution in [-0.2, 0) is 0 Å². The molecule has 0 aliphatic heterocycles. The van der Waals surface area contributed by atoms with Gasteiger partial charge in [0, 0.05) is 5.39 Å². The van der Waals surface area contributed by atoms with Crippen LogP contribution in [-0.4, -0.2) is 15.1 Å². The van der Waals surface area contributed by atoms with Crippen LogP contribution in [0, 0.1) is 6.92 Å². The number of nitrogens with two attached hydrogens (primary N) is 1. The van der Waals surface area contributed by atoms with Crippen LogP contribution >= 0.6 is 0 Å². The second kappa shape index (κ2) is 5.61. The number of rotatable bonds is 4. The Morgan fingerprint density at radius 3 is 2.86 bits per heavy atom. The third kappa shape index (κ3) is 2.64. The summed E-state index contributed by atoms with van der Waals surface area (Å²) < 4.78 is 5.26. The summed E-state index contributed by atoms with van der Waals surface area (Å²) in [6.45, 7) is 4.13. The van der Waals surface area contributed by atoms with E-state index in [4.69, 9.17) is 10.3 Å². The molecular formula is C16H18N4O. The third-order valence-electron chi connectivity index (χ3n) is 3.51. The lowest BCUT2D eigenvalue weighted by molar-refractivity contribution is 0.348. The van der Waals surface area contributed by atoms with Crippen LogP contribution < -0.4 is 5.73 Å². The molecule has 3 rings (SSSR count). The molecule has 3 aromatic rings. The second-order valence-electron chi connectivity index (χ2n) is 5.19. The van der Waals surface area contributed by atoms with Crippen molar-refractivity contribution in [3.05, 3.63) is 41.8 Å². The highest BCUT2D eigenvalue weighted by molar-refractivity contribution is 5.84. The lowest BCUT2D eigenvalue weighted by Gasteiger charge is -2.03. The first kappa shape index (κ1) is 13.7. The van der Waals surface area contributed by atoms with Crippen molar-refractivity contribution in [3.63, 3.8) is 0 Å². The minimum Gasteiger partial charge on any atom is -0.337 e. The fourth-order valence-corrected chi connectivity index (χ4v) is 2.39. The Hall–Kier alpha value is -2.27. The molecule has 2 heterocycles. The van der Waals surface area contributed by atoms with Crippen molar-refractivity contribution in [2.24, 2.45) is 5.73 Å². The van der Waals surface area contributed by atoms with Gasteiger partial charge in [0.05, 0.1) is 11.6 Å². The van der Waals surface area contributed by atoms with Gasteiger partial charge in [0.2, 0.25) is 11.7 Å². The number of aryl methyl sites for hydroxylation is 1. The molecule has 0 radical (unpaired) electrons. The van der Waals surface area contributed by atoms with Crippen LogP contribution in [0.15, 0.2) is 34.9 Å². The van der Waals surface area contributed by atoms with Crippen LogP contribution in [0.4, 0.5) is 0 Å². The zero-order valence-corrected chi connectivity index (χ0v) is 12.2. The van der Waals surface area contributed by atoms with E-state index in [9.17, 15) is 0 Å². The number of para-hydroxylation sites is 1. The maximum Gasteiger partial charge on any atom is 0.243 e. The first-order valence-corrected chi connectivity index (χ1v) is 7.15. The maximum absolute atomic E-state index is 6.00. The summed E-state index contributed by atoms with van der Waals surface area (Å²) in [6.07, 6.45) is 1.80. The number of benzene rings is 1. The van der Waals surface area contributed by atoms with E-state index < -0.39 is 0 Å². The Bertz CT molecular complexity index is 766. The van der Waals surface area contributed by atoms with Crippen molar-refractivity contribution in [3.8, 4) is 11.5 Å². The van der Waals surface area contributed by atoms with Gasteiger partial charge < -0.3 is 10.3 Å². The van der Waals surface area contributed by atoms with Gasteiger partial charge in [-0.05, 0) is 31.0 Å². The molecule has 21 heavy (non-hydrogen) atoms. The first-order valence-electron chi connectivity index (χ1n) is 7.15. The highest BCUT2D eigenvalue weighted by atomic mass is 16.5.